The Hall–Kier alpha value is -0.260. The molecular formula is C15H27NO3S. The van der Waals surface area contributed by atoms with Crippen LogP contribution in [0.15, 0.2) is 0 Å². The molecule has 1 aliphatic carbocycles. The minimum Gasteiger partial charge on any atom is -0.468 e. The third-order valence-corrected chi connectivity index (χ3v) is 5.96. The molecule has 2 rings (SSSR count). The number of carbonyl (C=O) groups is 1. The molecule has 1 N–H and O–H groups in total. The summed E-state index contributed by atoms with van der Waals surface area (Å²) in [5, 5.41) is 4.72. The molecule has 2 aliphatic rings. The van der Waals surface area contributed by atoms with E-state index in [-0.39, 0.29) is 5.97 Å². The van der Waals surface area contributed by atoms with Crippen molar-refractivity contribution in [2.45, 2.75) is 61.5 Å². The lowest BCUT2D eigenvalue weighted by molar-refractivity contribution is -0.148. The molecule has 1 aliphatic heterocycles. The molecule has 0 amide bonds. The lowest BCUT2D eigenvalue weighted by Crippen LogP contribution is -2.51. The van der Waals surface area contributed by atoms with Crippen LogP contribution in [0.3, 0.4) is 0 Å². The van der Waals surface area contributed by atoms with E-state index in [0.717, 1.165) is 58.3 Å². The third kappa shape index (κ3) is 3.89. The molecule has 0 aromatic heterocycles. The van der Waals surface area contributed by atoms with Gasteiger partial charge in [-0.3, -0.25) is 4.79 Å². The first-order chi connectivity index (χ1) is 9.70. The van der Waals surface area contributed by atoms with Crippen molar-refractivity contribution in [3.63, 3.8) is 0 Å². The van der Waals surface area contributed by atoms with Gasteiger partial charge >= 0.3 is 5.97 Å². The van der Waals surface area contributed by atoms with E-state index in [2.05, 4.69) is 24.0 Å². The van der Waals surface area contributed by atoms with Crippen molar-refractivity contribution >= 4 is 17.7 Å². The molecule has 1 saturated carbocycles. The van der Waals surface area contributed by atoms with E-state index >= 15 is 0 Å². The van der Waals surface area contributed by atoms with Gasteiger partial charge in [0.15, 0.2) is 0 Å². The Labute approximate surface area is 126 Å². The quantitative estimate of drug-likeness (QED) is 0.763. The Bertz CT molecular complexity index is 320. The van der Waals surface area contributed by atoms with Gasteiger partial charge in [-0.15, -0.1) is 0 Å². The van der Waals surface area contributed by atoms with Gasteiger partial charge in [0.1, 0.15) is 5.54 Å². The van der Waals surface area contributed by atoms with Crippen LogP contribution in [-0.4, -0.2) is 48.9 Å². The van der Waals surface area contributed by atoms with E-state index in [9.17, 15) is 4.79 Å². The summed E-state index contributed by atoms with van der Waals surface area (Å²) in [5.74, 6) is -0.0824. The SMILES string of the molecule is CCCNC1(C(=O)OC)CCC(SC2CCOCC2)C1. The average Bonchev–Trinajstić information content (AvgIpc) is 2.90. The Morgan fingerprint density at radius 3 is 2.75 bits per heavy atom. The highest BCUT2D eigenvalue weighted by Crippen LogP contribution is 2.41. The summed E-state index contributed by atoms with van der Waals surface area (Å²) >= 11 is 2.06. The molecular weight excluding hydrogens is 274 g/mol. The molecule has 2 fully saturated rings. The van der Waals surface area contributed by atoms with Crippen molar-refractivity contribution in [3.05, 3.63) is 0 Å². The number of rotatable bonds is 6. The summed E-state index contributed by atoms with van der Waals surface area (Å²) in [7, 11) is 1.50. The lowest BCUT2D eigenvalue weighted by Gasteiger charge is -2.29. The molecule has 2 atom stereocenters. The van der Waals surface area contributed by atoms with E-state index in [1.165, 1.54) is 7.11 Å². The number of nitrogens with one attached hydrogen (secondary N) is 1. The molecule has 5 heteroatoms. The summed E-state index contributed by atoms with van der Waals surface area (Å²) in [6, 6.07) is 0. The monoisotopic (exact) mass is 301 g/mol. The second-order valence-corrected chi connectivity index (χ2v) is 7.42. The van der Waals surface area contributed by atoms with Crippen LogP contribution in [0, 0.1) is 0 Å². The molecule has 0 aromatic rings. The zero-order valence-electron chi connectivity index (χ0n) is 12.7. The van der Waals surface area contributed by atoms with Gasteiger partial charge in [-0.2, -0.15) is 11.8 Å². The van der Waals surface area contributed by atoms with Crippen molar-refractivity contribution in [3.8, 4) is 0 Å². The summed E-state index contributed by atoms with van der Waals surface area (Å²) in [4.78, 5) is 12.2. The van der Waals surface area contributed by atoms with Gasteiger partial charge in [0.25, 0.3) is 0 Å². The Morgan fingerprint density at radius 2 is 2.10 bits per heavy atom. The molecule has 0 aromatic carbocycles. The Balaban J connectivity index is 1.90. The molecule has 0 radical (unpaired) electrons. The molecule has 0 spiro atoms. The molecule has 20 heavy (non-hydrogen) atoms. The van der Waals surface area contributed by atoms with Gasteiger partial charge in [0, 0.05) is 23.7 Å². The van der Waals surface area contributed by atoms with Gasteiger partial charge in [0.2, 0.25) is 0 Å². The molecule has 2 unspecified atom stereocenters. The first-order valence-corrected chi connectivity index (χ1v) is 8.71. The van der Waals surface area contributed by atoms with Crippen LogP contribution in [0.5, 0.6) is 0 Å². The van der Waals surface area contributed by atoms with Gasteiger partial charge in [-0.05, 0) is 45.1 Å². The number of ether oxygens (including phenoxy) is 2. The zero-order valence-corrected chi connectivity index (χ0v) is 13.5. The van der Waals surface area contributed by atoms with Crippen LogP contribution in [0.2, 0.25) is 0 Å². The highest BCUT2D eigenvalue weighted by Gasteiger charge is 2.46. The van der Waals surface area contributed by atoms with Crippen molar-refractivity contribution < 1.29 is 14.3 Å². The smallest absolute Gasteiger partial charge is 0.326 e. The fraction of sp³-hybridized carbons (Fsp3) is 0.933. The van der Waals surface area contributed by atoms with Crippen LogP contribution >= 0.6 is 11.8 Å². The number of esters is 1. The van der Waals surface area contributed by atoms with Crippen LogP contribution in [0.1, 0.15) is 45.4 Å². The largest absolute Gasteiger partial charge is 0.468 e. The molecule has 1 heterocycles. The first-order valence-electron chi connectivity index (χ1n) is 7.77. The maximum atomic E-state index is 12.2. The second kappa shape index (κ2) is 7.66. The summed E-state index contributed by atoms with van der Waals surface area (Å²) in [6.07, 6.45) is 6.25. The number of methoxy groups -OCH3 is 1. The number of thioether (sulfide) groups is 1. The first kappa shape index (κ1) is 16.1. The zero-order chi connectivity index (χ0) is 14.4. The maximum Gasteiger partial charge on any atom is 0.326 e. The molecule has 116 valence electrons. The van der Waals surface area contributed by atoms with Crippen molar-refractivity contribution in [2.24, 2.45) is 0 Å². The summed E-state index contributed by atoms with van der Waals surface area (Å²) < 4.78 is 10.5. The highest BCUT2D eigenvalue weighted by atomic mass is 32.2. The van der Waals surface area contributed by atoms with E-state index in [0.29, 0.717) is 10.5 Å². The Morgan fingerprint density at radius 1 is 1.35 bits per heavy atom. The van der Waals surface area contributed by atoms with Gasteiger partial charge in [0.05, 0.1) is 7.11 Å². The number of carbonyl (C=O) groups excluding carboxylic acids is 1. The minimum absolute atomic E-state index is 0.0824. The predicted octanol–water partition coefficient (Wildman–Crippen LogP) is 2.36. The third-order valence-electron chi connectivity index (χ3n) is 4.31. The van der Waals surface area contributed by atoms with Crippen LogP contribution < -0.4 is 5.32 Å². The maximum absolute atomic E-state index is 12.2. The molecule has 4 nitrogen and oxygen atoms in total. The fourth-order valence-corrected chi connectivity index (χ4v) is 4.82. The van der Waals surface area contributed by atoms with Crippen LogP contribution in [-0.2, 0) is 14.3 Å². The summed E-state index contributed by atoms with van der Waals surface area (Å²) in [5.41, 5.74) is -0.437. The molecule has 1 saturated heterocycles. The fourth-order valence-electron chi connectivity index (χ4n) is 3.18. The van der Waals surface area contributed by atoms with Crippen LogP contribution in [0.25, 0.3) is 0 Å². The summed E-state index contributed by atoms with van der Waals surface area (Å²) in [6.45, 7) is 4.78. The van der Waals surface area contributed by atoms with E-state index in [1.54, 1.807) is 0 Å². The second-order valence-electron chi connectivity index (χ2n) is 5.81. The number of hydrogen-bond acceptors (Lipinski definition) is 5. The Kier molecular flexibility index (Phi) is 6.18. The van der Waals surface area contributed by atoms with E-state index in [4.69, 9.17) is 9.47 Å². The van der Waals surface area contributed by atoms with E-state index < -0.39 is 5.54 Å². The topological polar surface area (TPSA) is 47.6 Å². The van der Waals surface area contributed by atoms with Gasteiger partial charge in [-0.1, -0.05) is 6.92 Å². The average molecular weight is 301 g/mol. The van der Waals surface area contributed by atoms with Crippen LogP contribution in [0.4, 0.5) is 0 Å². The minimum atomic E-state index is -0.437. The van der Waals surface area contributed by atoms with Crippen molar-refractivity contribution in [2.75, 3.05) is 26.9 Å². The predicted molar refractivity (Wildman–Crippen MR) is 82.1 cm³/mol. The standard InChI is InChI=1S/C15H27NO3S/c1-3-8-16-15(14(17)18-2)7-4-13(11-15)20-12-5-9-19-10-6-12/h12-13,16H,3-11H2,1-2H3. The van der Waals surface area contributed by atoms with E-state index in [1.807, 2.05) is 0 Å². The normalized spacial score (nSPS) is 31.4. The lowest BCUT2D eigenvalue weighted by atomic mass is 9.97. The van der Waals surface area contributed by atoms with Crippen molar-refractivity contribution in [1.29, 1.82) is 0 Å². The highest BCUT2D eigenvalue weighted by molar-refractivity contribution is 8.00. The number of hydrogen-bond donors (Lipinski definition) is 1. The van der Waals surface area contributed by atoms with Crippen molar-refractivity contribution in [1.82, 2.24) is 5.32 Å². The van der Waals surface area contributed by atoms with Gasteiger partial charge in [-0.25, -0.2) is 0 Å². The van der Waals surface area contributed by atoms with Gasteiger partial charge < -0.3 is 14.8 Å². The molecule has 0 bridgehead atoms.